The largest absolute Gasteiger partial charge is 0.391 e. The smallest absolute Gasteiger partial charge is 0.221 e. The van der Waals surface area contributed by atoms with Gasteiger partial charge in [0.1, 0.15) is 0 Å². The summed E-state index contributed by atoms with van der Waals surface area (Å²) in [6.07, 6.45) is 0.153. The molecule has 6 nitrogen and oxygen atoms in total. The average Bonchev–Trinajstić information content (AvgIpc) is 2.17. The van der Waals surface area contributed by atoms with Gasteiger partial charge in [-0.2, -0.15) is 0 Å². The fraction of sp³-hybridized carbons (Fsp3) is 0.800. The molecule has 0 spiro atoms. The lowest BCUT2D eigenvalue weighted by Crippen LogP contribution is -2.31. The highest BCUT2D eigenvalue weighted by molar-refractivity contribution is 5.77. The maximum Gasteiger partial charge on any atom is 0.221 e. The van der Waals surface area contributed by atoms with Gasteiger partial charge in [0.25, 0.3) is 0 Å². The maximum absolute atomic E-state index is 11.2. The van der Waals surface area contributed by atoms with Gasteiger partial charge in [-0.3, -0.25) is 9.59 Å². The lowest BCUT2D eigenvalue weighted by Gasteiger charge is -2.10. The number of hydrogen-bond acceptors (Lipinski definition) is 4. The highest BCUT2D eigenvalue weighted by Gasteiger charge is 2.05. The number of aliphatic hydroxyl groups excluding tert-OH is 1. The Morgan fingerprint density at radius 1 is 1.31 bits per heavy atom. The molecular weight excluding hydrogens is 212 g/mol. The molecule has 0 heterocycles. The molecule has 0 fully saturated rings. The summed E-state index contributed by atoms with van der Waals surface area (Å²) in [5.41, 5.74) is 0. The van der Waals surface area contributed by atoms with Crippen molar-refractivity contribution in [1.82, 2.24) is 10.6 Å². The molecule has 0 aliphatic heterocycles. The molecule has 0 rings (SSSR count). The third kappa shape index (κ3) is 9.42. The van der Waals surface area contributed by atoms with Crippen LogP contribution in [0, 0.1) is 0 Å². The molecule has 6 heteroatoms. The van der Waals surface area contributed by atoms with E-state index < -0.39 is 6.10 Å². The number of carbonyl (C=O) groups is 2. The number of aliphatic hydroxyl groups is 1. The Kier molecular flexibility index (Phi) is 8.46. The molecule has 0 bridgehead atoms. The number of carbonyl (C=O) groups excluding carboxylic acids is 2. The summed E-state index contributed by atoms with van der Waals surface area (Å²) < 4.78 is 4.74. The van der Waals surface area contributed by atoms with Crippen LogP contribution in [0.15, 0.2) is 0 Å². The van der Waals surface area contributed by atoms with Gasteiger partial charge >= 0.3 is 0 Å². The van der Waals surface area contributed by atoms with Crippen LogP contribution in [0.3, 0.4) is 0 Å². The van der Waals surface area contributed by atoms with Crippen LogP contribution < -0.4 is 10.6 Å². The van der Waals surface area contributed by atoms with Crippen molar-refractivity contribution in [1.29, 1.82) is 0 Å². The van der Waals surface area contributed by atoms with E-state index in [0.29, 0.717) is 19.5 Å². The van der Waals surface area contributed by atoms with E-state index in [4.69, 9.17) is 4.74 Å². The van der Waals surface area contributed by atoms with Crippen LogP contribution in [-0.2, 0) is 14.3 Å². The Balaban J connectivity index is 3.40. The van der Waals surface area contributed by atoms with Crippen molar-refractivity contribution >= 4 is 11.8 Å². The summed E-state index contributed by atoms with van der Waals surface area (Å²) in [6.45, 7) is 2.41. The summed E-state index contributed by atoms with van der Waals surface area (Å²) in [5, 5.41) is 14.4. The number of ether oxygens (including phenoxy) is 1. The van der Waals surface area contributed by atoms with Crippen molar-refractivity contribution in [2.45, 2.75) is 25.9 Å². The average molecular weight is 232 g/mol. The van der Waals surface area contributed by atoms with Crippen LogP contribution in [0.5, 0.6) is 0 Å². The van der Waals surface area contributed by atoms with Crippen molar-refractivity contribution < 1.29 is 19.4 Å². The Morgan fingerprint density at radius 2 is 2.00 bits per heavy atom. The van der Waals surface area contributed by atoms with Gasteiger partial charge < -0.3 is 20.5 Å². The predicted molar refractivity (Wildman–Crippen MR) is 58.8 cm³/mol. The Hall–Kier alpha value is -1.14. The SMILES string of the molecule is COCC(O)CCNC(=O)CCNC(C)=O. The molecule has 0 aromatic heterocycles. The third-order valence-electron chi connectivity index (χ3n) is 1.88. The maximum atomic E-state index is 11.2. The molecule has 0 aliphatic rings. The highest BCUT2D eigenvalue weighted by Crippen LogP contribution is 1.90. The first-order valence-electron chi connectivity index (χ1n) is 5.24. The summed E-state index contributed by atoms with van der Waals surface area (Å²) in [4.78, 5) is 21.7. The monoisotopic (exact) mass is 232 g/mol. The first-order chi connectivity index (χ1) is 7.56. The molecule has 2 amide bonds. The van der Waals surface area contributed by atoms with Crippen molar-refractivity contribution in [3.8, 4) is 0 Å². The van der Waals surface area contributed by atoms with E-state index in [1.54, 1.807) is 0 Å². The fourth-order valence-corrected chi connectivity index (χ4v) is 1.09. The molecule has 3 N–H and O–H groups in total. The lowest BCUT2D eigenvalue weighted by atomic mass is 10.2. The summed E-state index contributed by atoms with van der Waals surface area (Å²) in [5.74, 6) is -0.290. The molecule has 0 aliphatic carbocycles. The molecule has 0 aromatic rings. The fourth-order valence-electron chi connectivity index (χ4n) is 1.09. The molecular formula is C10H20N2O4. The minimum atomic E-state index is -0.555. The zero-order chi connectivity index (χ0) is 12.4. The van der Waals surface area contributed by atoms with Gasteiger partial charge in [0.15, 0.2) is 0 Å². The van der Waals surface area contributed by atoms with Crippen molar-refractivity contribution in [2.75, 3.05) is 26.8 Å². The van der Waals surface area contributed by atoms with E-state index in [1.165, 1.54) is 14.0 Å². The molecule has 16 heavy (non-hydrogen) atoms. The number of amides is 2. The molecule has 1 atom stereocenters. The second-order valence-corrected chi connectivity index (χ2v) is 3.48. The summed E-state index contributed by atoms with van der Waals surface area (Å²) >= 11 is 0. The van der Waals surface area contributed by atoms with Crippen LogP contribution in [0.25, 0.3) is 0 Å². The van der Waals surface area contributed by atoms with E-state index in [1.807, 2.05) is 0 Å². The van der Waals surface area contributed by atoms with Gasteiger partial charge in [0.2, 0.25) is 11.8 Å². The number of rotatable bonds is 8. The topological polar surface area (TPSA) is 87.7 Å². The zero-order valence-corrected chi connectivity index (χ0v) is 9.78. The van der Waals surface area contributed by atoms with Gasteiger partial charge in [0.05, 0.1) is 12.7 Å². The minimum absolute atomic E-state index is 0.140. The van der Waals surface area contributed by atoms with Crippen LogP contribution in [0.2, 0.25) is 0 Å². The van der Waals surface area contributed by atoms with Gasteiger partial charge in [-0.1, -0.05) is 0 Å². The Morgan fingerprint density at radius 3 is 2.56 bits per heavy atom. The molecule has 94 valence electrons. The van der Waals surface area contributed by atoms with E-state index >= 15 is 0 Å². The zero-order valence-electron chi connectivity index (χ0n) is 9.78. The molecule has 0 radical (unpaired) electrons. The van der Waals surface area contributed by atoms with Gasteiger partial charge in [0, 0.05) is 33.5 Å². The molecule has 0 aromatic carbocycles. The third-order valence-corrected chi connectivity index (χ3v) is 1.88. The van der Waals surface area contributed by atoms with Gasteiger partial charge in [-0.15, -0.1) is 0 Å². The molecule has 1 unspecified atom stereocenters. The Labute approximate surface area is 95.4 Å². The van der Waals surface area contributed by atoms with Crippen LogP contribution in [0.4, 0.5) is 0 Å². The standard InChI is InChI=1S/C10H20N2O4/c1-8(13)11-6-4-10(15)12-5-3-9(14)7-16-2/h9,14H,3-7H2,1-2H3,(H,11,13)(H,12,15). The quantitative estimate of drug-likeness (QED) is 0.502. The van der Waals surface area contributed by atoms with Crippen molar-refractivity contribution in [3.63, 3.8) is 0 Å². The first kappa shape index (κ1) is 14.9. The van der Waals surface area contributed by atoms with Crippen LogP contribution >= 0.6 is 0 Å². The van der Waals surface area contributed by atoms with Crippen LogP contribution in [-0.4, -0.2) is 49.8 Å². The number of hydrogen-bond donors (Lipinski definition) is 3. The van der Waals surface area contributed by atoms with E-state index in [0.717, 1.165) is 0 Å². The second kappa shape index (κ2) is 9.11. The predicted octanol–water partition coefficient (Wildman–Crippen LogP) is -0.974. The number of nitrogens with one attached hydrogen (secondary N) is 2. The van der Waals surface area contributed by atoms with Gasteiger partial charge in [-0.05, 0) is 6.42 Å². The Bertz CT molecular complexity index is 221. The van der Waals surface area contributed by atoms with Crippen molar-refractivity contribution in [3.05, 3.63) is 0 Å². The summed E-state index contributed by atoms with van der Waals surface area (Å²) in [7, 11) is 1.51. The lowest BCUT2D eigenvalue weighted by molar-refractivity contribution is -0.121. The highest BCUT2D eigenvalue weighted by atomic mass is 16.5. The summed E-state index contributed by atoms with van der Waals surface area (Å²) in [6, 6.07) is 0. The first-order valence-corrected chi connectivity index (χ1v) is 5.24. The van der Waals surface area contributed by atoms with E-state index in [2.05, 4.69) is 10.6 Å². The molecule has 0 saturated carbocycles. The van der Waals surface area contributed by atoms with Gasteiger partial charge in [-0.25, -0.2) is 0 Å². The number of methoxy groups -OCH3 is 1. The second-order valence-electron chi connectivity index (χ2n) is 3.48. The molecule has 0 saturated heterocycles. The van der Waals surface area contributed by atoms with Crippen LogP contribution in [0.1, 0.15) is 19.8 Å². The van der Waals surface area contributed by atoms with Crippen molar-refractivity contribution in [2.24, 2.45) is 0 Å². The van der Waals surface area contributed by atoms with E-state index in [-0.39, 0.29) is 24.8 Å². The van der Waals surface area contributed by atoms with E-state index in [9.17, 15) is 14.7 Å². The minimum Gasteiger partial charge on any atom is -0.391 e. The normalized spacial score (nSPS) is 11.9.